The predicted molar refractivity (Wildman–Crippen MR) is 50.8 cm³/mol. The summed E-state index contributed by atoms with van der Waals surface area (Å²) in [6.45, 7) is 3.65. The van der Waals surface area contributed by atoms with Crippen molar-refractivity contribution in [3.8, 4) is 5.75 Å². The second-order valence-corrected chi connectivity index (χ2v) is 4.18. The maximum absolute atomic E-state index is 12.9. The van der Waals surface area contributed by atoms with E-state index >= 15 is 0 Å². The van der Waals surface area contributed by atoms with Crippen molar-refractivity contribution in [2.75, 3.05) is 0 Å². The summed E-state index contributed by atoms with van der Waals surface area (Å²) in [6.07, 6.45) is -0.142. The maximum atomic E-state index is 12.9. The Kier molecular flexibility index (Phi) is 2.00. The fourth-order valence-corrected chi connectivity index (χ4v) is 1.61. The Balaban J connectivity index is 2.41. The first-order chi connectivity index (χ1) is 6.49. The monoisotopic (exact) mass is 196 g/mol. The van der Waals surface area contributed by atoms with Gasteiger partial charge in [0.05, 0.1) is 6.10 Å². The highest BCUT2D eigenvalue weighted by Crippen LogP contribution is 2.33. The number of ether oxygens (including phenoxy) is 1. The first-order valence-electron chi connectivity index (χ1n) is 4.64. The van der Waals surface area contributed by atoms with E-state index in [0.717, 1.165) is 5.56 Å². The number of hydrogen-bond acceptors (Lipinski definition) is 2. The molecule has 76 valence electrons. The molecule has 14 heavy (non-hydrogen) atoms. The molecule has 1 atom stereocenters. The minimum atomic E-state index is -0.592. The molecule has 1 aliphatic rings. The Bertz CT molecular complexity index is 360. The molecule has 0 spiro atoms. The molecule has 0 bridgehead atoms. The highest BCUT2D eigenvalue weighted by atomic mass is 19.1. The summed E-state index contributed by atoms with van der Waals surface area (Å²) in [4.78, 5) is 0. The summed E-state index contributed by atoms with van der Waals surface area (Å²) in [7, 11) is 0. The normalized spacial score (nSPS) is 23.9. The third-order valence-corrected chi connectivity index (χ3v) is 2.61. The second-order valence-electron chi connectivity index (χ2n) is 4.18. The highest BCUT2D eigenvalue weighted by molar-refractivity contribution is 5.37. The zero-order chi connectivity index (χ0) is 10.3. The summed E-state index contributed by atoms with van der Waals surface area (Å²) >= 11 is 0. The summed E-state index contributed by atoms with van der Waals surface area (Å²) in [6, 6.07) is 4.39. The van der Waals surface area contributed by atoms with E-state index < -0.39 is 11.7 Å². The van der Waals surface area contributed by atoms with Crippen LogP contribution in [-0.2, 0) is 6.42 Å². The first-order valence-corrected chi connectivity index (χ1v) is 4.64. The van der Waals surface area contributed by atoms with E-state index in [1.165, 1.54) is 12.1 Å². The Hall–Kier alpha value is -1.09. The van der Waals surface area contributed by atoms with Crippen LogP contribution in [0.1, 0.15) is 19.4 Å². The minimum Gasteiger partial charge on any atom is -0.485 e. The second kappa shape index (κ2) is 2.95. The Morgan fingerprint density at radius 2 is 2.21 bits per heavy atom. The number of hydrogen-bond donors (Lipinski definition) is 1. The van der Waals surface area contributed by atoms with Crippen molar-refractivity contribution in [1.29, 1.82) is 0 Å². The quantitative estimate of drug-likeness (QED) is 0.686. The van der Waals surface area contributed by atoms with Gasteiger partial charge in [-0.1, -0.05) is 0 Å². The fourth-order valence-electron chi connectivity index (χ4n) is 1.61. The lowest BCUT2D eigenvalue weighted by molar-refractivity contribution is -0.0412. The summed E-state index contributed by atoms with van der Waals surface area (Å²) in [5.41, 5.74) is 0.141. The van der Waals surface area contributed by atoms with E-state index in [9.17, 15) is 9.50 Å². The molecule has 2 nitrogen and oxygen atoms in total. The molecular weight excluding hydrogens is 183 g/mol. The molecule has 1 aromatic rings. The topological polar surface area (TPSA) is 29.5 Å². The summed E-state index contributed by atoms with van der Waals surface area (Å²) < 4.78 is 18.4. The number of benzene rings is 1. The van der Waals surface area contributed by atoms with Crippen LogP contribution in [0.4, 0.5) is 4.39 Å². The molecule has 0 amide bonds. The first kappa shape index (κ1) is 9.46. The van der Waals surface area contributed by atoms with Crippen LogP contribution in [0, 0.1) is 5.82 Å². The Morgan fingerprint density at radius 1 is 1.50 bits per heavy atom. The van der Waals surface area contributed by atoms with Crippen molar-refractivity contribution in [2.45, 2.75) is 32.0 Å². The van der Waals surface area contributed by atoms with E-state index in [1.54, 1.807) is 6.07 Å². The molecule has 0 radical (unpaired) electrons. The lowest BCUT2D eigenvalue weighted by Gasteiger charge is -2.36. The molecule has 0 saturated carbocycles. The van der Waals surface area contributed by atoms with Gasteiger partial charge in [-0.05, 0) is 37.6 Å². The van der Waals surface area contributed by atoms with Gasteiger partial charge in [0, 0.05) is 6.42 Å². The van der Waals surface area contributed by atoms with E-state index in [4.69, 9.17) is 4.74 Å². The van der Waals surface area contributed by atoms with Crippen LogP contribution >= 0.6 is 0 Å². The van der Waals surface area contributed by atoms with Crippen molar-refractivity contribution in [1.82, 2.24) is 0 Å². The number of aliphatic hydroxyl groups is 1. The van der Waals surface area contributed by atoms with Gasteiger partial charge in [0.1, 0.15) is 17.2 Å². The lowest BCUT2D eigenvalue weighted by atomic mass is 9.91. The lowest BCUT2D eigenvalue weighted by Crippen LogP contribution is -2.46. The van der Waals surface area contributed by atoms with Crippen LogP contribution in [0.2, 0.25) is 0 Å². The molecule has 0 saturated heterocycles. The summed E-state index contributed by atoms with van der Waals surface area (Å²) in [5, 5.41) is 9.73. The van der Waals surface area contributed by atoms with Crippen LogP contribution in [-0.4, -0.2) is 16.8 Å². The van der Waals surface area contributed by atoms with Gasteiger partial charge >= 0.3 is 0 Å². The van der Waals surface area contributed by atoms with Crippen LogP contribution in [0.15, 0.2) is 18.2 Å². The molecule has 0 aliphatic carbocycles. The van der Waals surface area contributed by atoms with Crippen molar-refractivity contribution in [3.63, 3.8) is 0 Å². The van der Waals surface area contributed by atoms with Crippen LogP contribution in [0.25, 0.3) is 0 Å². The maximum Gasteiger partial charge on any atom is 0.129 e. The van der Waals surface area contributed by atoms with E-state index in [1.807, 2.05) is 13.8 Å². The van der Waals surface area contributed by atoms with Gasteiger partial charge in [0.2, 0.25) is 0 Å². The van der Waals surface area contributed by atoms with Crippen molar-refractivity contribution >= 4 is 0 Å². The van der Waals surface area contributed by atoms with E-state index in [2.05, 4.69) is 0 Å². The van der Waals surface area contributed by atoms with Gasteiger partial charge in [0.15, 0.2) is 0 Å². The SMILES string of the molecule is CC1(C)Oc2ccc(F)cc2CC1O. The van der Waals surface area contributed by atoms with Crippen molar-refractivity contribution in [2.24, 2.45) is 0 Å². The van der Waals surface area contributed by atoms with E-state index in [0.29, 0.717) is 12.2 Å². The van der Waals surface area contributed by atoms with Crippen LogP contribution < -0.4 is 4.74 Å². The Morgan fingerprint density at radius 3 is 2.93 bits per heavy atom. The van der Waals surface area contributed by atoms with Gasteiger partial charge in [-0.25, -0.2) is 4.39 Å². The van der Waals surface area contributed by atoms with Gasteiger partial charge in [0.25, 0.3) is 0 Å². The molecule has 2 rings (SSSR count). The molecule has 0 aromatic heterocycles. The Labute approximate surface area is 82.3 Å². The zero-order valence-electron chi connectivity index (χ0n) is 8.25. The van der Waals surface area contributed by atoms with Gasteiger partial charge in [-0.2, -0.15) is 0 Å². The number of rotatable bonds is 0. The van der Waals surface area contributed by atoms with E-state index in [-0.39, 0.29) is 5.82 Å². The van der Waals surface area contributed by atoms with Crippen molar-refractivity contribution in [3.05, 3.63) is 29.6 Å². The average molecular weight is 196 g/mol. The number of fused-ring (bicyclic) bond motifs is 1. The molecule has 0 fully saturated rings. The smallest absolute Gasteiger partial charge is 0.129 e. The number of halogens is 1. The van der Waals surface area contributed by atoms with Gasteiger partial charge in [-0.15, -0.1) is 0 Å². The number of aliphatic hydroxyl groups excluding tert-OH is 1. The van der Waals surface area contributed by atoms with Crippen molar-refractivity contribution < 1.29 is 14.2 Å². The zero-order valence-corrected chi connectivity index (χ0v) is 8.25. The van der Waals surface area contributed by atoms with Gasteiger partial charge < -0.3 is 9.84 Å². The van der Waals surface area contributed by atoms with Crippen LogP contribution in [0.5, 0.6) is 5.75 Å². The largest absolute Gasteiger partial charge is 0.485 e. The molecule has 3 heteroatoms. The molecule has 1 aromatic carbocycles. The molecular formula is C11H13FO2. The standard InChI is InChI=1S/C11H13FO2/c1-11(2)10(13)6-7-5-8(12)3-4-9(7)14-11/h3-5,10,13H,6H2,1-2H3. The predicted octanol–water partition coefficient (Wildman–Crippen LogP) is 1.90. The molecule has 1 N–H and O–H groups in total. The molecule has 1 unspecified atom stereocenters. The third-order valence-electron chi connectivity index (χ3n) is 2.61. The summed E-state index contributed by atoms with van der Waals surface area (Å²) in [5.74, 6) is 0.376. The third kappa shape index (κ3) is 1.48. The minimum absolute atomic E-state index is 0.292. The van der Waals surface area contributed by atoms with Crippen LogP contribution in [0.3, 0.4) is 0 Å². The fraction of sp³-hybridized carbons (Fsp3) is 0.455. The molecule has 1 aliphatic heterocycles. The average Bonchev–Trinajstić information content (AvgIpc) is 2.08. The van der Waals surface area contributed by atoms with Gasteiger partial charge in [-0.3, -0.25) is 0 Å². The highest BCUT2D eigenvalue weighted by Gasteiger charge is 2.35. The molecule has 1 heterocycles.